The molecule has 0 aliphatic heterocycles. The fourth-order valence-electron chi connectivity index (χ4n) is 1.68. The Morgan fingerprint density at radius 2 is 2.17 bits per heavy atom. The lowest BCUT2D eigenvalue weighted by atomic mass is 10.2. The van der Waals surface area contributed by atoms with Crippen LogP contribution in [-0.2, 0) is 6.54 Å². The average molecular weight is 244 g/mol. The zero-order valence-corrected chi connectivity index (χ0v) is 10.5. The number of aryl methyl sites for hydroxylation is 1. The van der Waals surface area contributed by atoms with Crippen molar-refractivity contribution in [1.82, 2.24) is 5.32 Å². The minimum absolute atomic E-state index is 0.0900. The topological polar surface area (TPSA) is 54.3 Å². The van der Waals surface area contributed by atoms with Gasteiger partial charge in [-0.1, -0.05) is 6.07 Å². The van der Waals surface area contributed by atoms with Crippen LogP contribution in [0.3, 0.4) is 0 Å². The van der Waals surface area contributed by atoms with Crippen LogP contribution in [0.2, 0.25) is 0 Å². The molecule has 0 spiro atoms. The van der Waals surface area contributed by atoms with Crippen molar-refractivity contribution in [2.75, 3.05) is 12.4 Å². The molecule has 0 saturated heterocycles. The SMILES string of the molecule is CNC(=O)c1cccc(NCc2occc2C)c1. The number of carbonyl (C=O) groups excluding carboxylic acids is 1. The highest BCUT2D eigenvalue weighted by Crippen LogP contribution is 2.14. The molecule has 0 atom stereocenters. The van der Waals surface area contributed by atoms with E-state index in [-0.39, 0.29) is 5.91 Å². The van der Waals surface area contributed by atoms with Gasteiger partial charge in [-0.2, -0.15) is 0 Å². The van der Waals surface area contributed by atoms with Gasteiger partial charge in [0, 0.05) is 18.3 Å². The van der Waals surface area contributed by atoms with Crippen LogP contribution in [-0.4, -0.2) is 13.0 Å². The lowest BCUT2D eigenvalue weighted by Crippen LogP contribution is -2.17. The first kappa shape index (κ1) is 12.2. The maximum atomic E-state index is 11.5. The molecule has 18 heavy (non-hydrogen) atoms. The summed E-state index contributed by atoms with van der Waals surface area (Å²) in [6.45, 7) is 2.61. The zero-order valence-electron chi connectivity index (χ0n) is 10.5. The highest BCUT2D eigenvalue weighted by atomic mass is 16.3. The second-order valence-electron chi connectivity index (χ2n) is 4.04. The predicted octanol–water partition coefficient (Wildman–Crippen LogP) is 2.56. The molecule has 1 aromatic heterocycles. The Labute approximate surface area is 106 Å². The highest BCUT2D eigenvalue weighted by Gasteiger charge is 2.05. The first-order valence-corrected chi connectivity index (χ1v) is 5.79. The Morgan fingerprint density at radius 3 is 2.83 bits per heavy atom. The molecular formula is C14H16N2O2. The van der Waals surface area contributed by atoms with E-state index in [1.54, 1.807) is 19.4 Å². The second-order valence-corrected chi connectivity index (χ2v) is 4.04. The van der Waals surface area contributed by atoms with Crippen molar-refractivity contribution < 1.29 is 9.21 Å². The summed E-state index contributed by atoms with van der Waals surface area (Å²) in [5.74, 6) is 0.813. The van der Waals surface area contributed by atoms with E-state index in [2.05, 4.69) is 10.6 Å². The van der Waals surface area contributed by atoms with Gasteiger partial charge in [0.25, 0.3) is 5.91 Å². The van der Waals surface area contributed by atoms with E-state index in [1.165, 1.54) is 0 Å². The summed E-state index contributed by atoms with van der Waals surface area (Å²) in [5.41, 5.74) is 2.65. The Hall–Kier alpha value is -2.23. The van der Waals surface area contributed by atoms with Gasteiger partial charge >= 0.3 is 0 Å². The fourth-order valence-corrected chi connectivity index (χ4v) is 1.68. The summed E-state index contributed by atoms with van der Waals surface area (Å²) in [4.78, 5) is 11.5. The van der Waals surface area contributed by atoms with Crippen LogP contribution in [0.25, 0.3) is 0 Å². The third kappa shape index (κ3) is 2.71. The monoisotopic (exact) mass is 244 g/mol. The van der Waals surface area contributed by atoms with Gasteiger partial charge in [-0.05, 0) is 36.8 Å². The van der Waals surface area contributed by atoms with Crippen LogP contribution in [0.4, 0.5) is 5.69 Å². The summed E-state index contributed by atoms with van der Waals surface area (Å²) in [6.07, 6.45) is 1.67. The number of rotatable bonds is 4. The Morgan fingerprint density at radius 1 is 1.33 bits per heavy atom. The number of hydrogen-bond donors (Lipinski definition) is 2. The minimum atomic E-state index is -0.0900. The molecule has 94 valence electrons. The number of hydrogen-bond acceptors (Lipinski definition) is 3. The Bertz CT molecular complexity index is 546. The summed E-state index contributed by atoms with van der Waals surface area (Å²) >= 11 is 0. The van der Waals surface area contributed by atoms with Gasteiger partial charge < -0.3 is 15.1 Å². The van der Waals surface area contributed by atoms with Gasteiger partial charge in [0.05, 0.1) is 12.8 Å². The van der Waals surface area contributed by atoms with Crippen LogP contribution in [0, 0.1) is 6.92 Å². The van der Waals surface area contributed by atoms with Crippen LogP contribution in [0.15, 0.2) is 41.0 Å². The van der Waals surface area contributed by atoms with E-state index in [0.717, 1.165) is 17.0 Å². The summed E-state index contributed by atoms with van der Waals surface area (Å²) < 4.78 is 5.34. The van der Waals surface area contributed by atoms with Crippen LogP contribution in [0.5, 0.6) is 0 Å². The van der Waals surface area contributed by atoms with Crippen molar-refractivity contribution in [1.29, 1.82) is 0 Å². The number of benzene rings is 1. The van der Waals surface area contributed by atoms with E-state index in [1.807, 2.05) is 31.2 Å². The van der Waals surface area contributed by atoms with Crippen molar-refractivity contribution in [3.8, 4) is 0 Å². The summed E-state index contributed by atoms with van der Waals surface area (Å²) in [7, 11) is 1.62. The molecule has 2 aromatic rings. The van der Waals surface area contributed by atoms with Gasteiger partial charge in [0.1, 0.15) is 5.76 Å². The molecule has 1 heterocycles. The molecule has 0 saturated carbocycles. The van der Waals surface area contributed by atoms with E-state index in [4.69, 9.17) is 4.42 Å². The molecule has 2 N–H and O–H groups in total. The number of nitrogens with one attached hydrogen (secondary N) is 2. The second kappa shape index (κ2) is 5.40. The van der Waals surface area contributed by atoms with Crippen molar-refractivity contribution in [3.05, 3.63) is 53.5 Å². The standard InChI is InChI=1S/C14H16N2O2/c1-10-6-7-18-13(10)9-16-12-5-3-4-11(8-12)14(17)15-2/h3-8,16H,9H2,1-2H3,(H,15,17). The molecule has 0 unspecified atom stereocenters. The molecule has 2 rings (SSSR count). The molecular weight excluding hydrogens is 228 g/mol. The number of furan rings is 1. The maximum Gasteiger partial charge on any atom is 0.251 e. The van der Waals surface area contributed by atoms with Gasteiger partial charge in [0.15, 0.2) is 0 Å². The highest BCUT2D eigenvalue weighted by molar-refractivity contribution is 5.94. The van der Waals surface area contributed by atoms with Crippen LogP contribution < -0.4 is 10.6 Å². The van der Waals surface area contributed by atoms with E-state index in [0.29, 0.717) is 12.1 Å². The molecule has 1 aromatic carbocycles. The molecule has 0 radical (unpaired) electrons. The summed E-state index contributed by atoms with van der Waals surface area (Å²) in [6, 6.07) is 9.30. The molecule has 4 nitrogen and oxygen atoms in total. The molecule has 0 bridgehead atoms. The van der Waals surface area contributed by atoms with Crippen molar-refractivity contribution in [3.63, 3.8) is 0 Å². The van der Waals surface area contributed by atoms with E-state index in [9.17, 15) is 4.79 Å². The van der Waals surface area contributed by atoms with Gasteiger partial charge in [-0.15, -0.1) is 0 Å². The molecule has 0 aliphatic rings. The lowest BCUT2D eigenvalue weighted by Gasteiger charge is -2.07. The predicted molar refractivity (Wildman–Crippen MR) is 70.6 cm³/mol. The fraction of sp³-hybridized carbons (Fsp3) is 0.214. The van der Waals surface area contributed by atoms with E-state index >= 15 is 0 Å². The van der Waals surface area contributed by atoms with Crippen LogP contribution in [0.1, 0.15) is 21.7 Å². The molecule has 0 aliphatic carbocycles. The first-order chi connectivity index (χ1) is 8.70. The number of anilines is 1. The Balaban J connectivity index is 2.06. The van der Waals surface area contributed by atoms with Crippen molar-refractivity contribution in [2.45, 2.75) is 13.5 Å². The lowest BCUT2D eigenvalue weighted by molar-refractivity contribution is 0.0963. The Kier molecular flexibility index (Phi) is 3.67. The third-order valence-electron chi connectivity index (χ3n) is 2.77. The number of carbonyl (C=O) groups is 1. The molecule has 4 heteroatoms. The minimum Gasteiger partial charge on any atom is -0.467 e. The van der Waals surface area contributed by atoms with Gasteiger partial charge in [0.2, 0.25) is 0 Å². The zero-order chi connectivity index (χ0) is 13.0. The number of amides is 1. The summed E-state index contributed by atoms with van der Waals surface area (Å²) in [5, 5.41) is 5.84. The van der Waals surface area contributed by atoms with E-state index < -0.39 is 0 Å². The smallest absolute Gasteiger partial charge is 0.251 e. The average Bonchev–Trinajstić information content (AvgIpc) is 2.81. The van der Waals surface area contributed by atoms with Crippen molar-refractivity contribution >= 4 is 11.6 Å². The maximum absolute atomic E-state index is 11.5. The first-order valence-electron chi connectivity index (χ1n) is 5.79. The molecule has 1 amide bonds. The quantitative estimate of drug-likeness (QED) is 0.869. The normalized spacial score (nSPS) is 10.1. The van der Waals surface area contributed by atoms with Gasteiger partial charge in [-0.3, -0.25) is 4.79 Å². The van der Waals surface area contributed by atoms with Gasteiger partial charge in [-0.25, -0.2) is 0 Å². The molecule has 0 fully saturated rings. The van der Waals surface area contributed by atoms with Crippen molar-refractivity contribution in [2.24, 2.45) is 0 Å². The third-order valence-corrected chi connectivity index (χ3v) is 2.77. The van der Waals surface area contributed by atoms with Crippen LogP contribution >= 0.6 is 0 Å². The largest absolute Gasteiger partial charge is 0.467 e.